The van der Waals surface area contributed by atoms with Crippen molar-refractivity contribution in [3.8, 4) is 11.4 Å². The van der Waals surface area contributed by atoms with Crippen molar-refractivity contribution in [3.63, 3.8) is 0 Å². The first kappa shape index (κ1) is 20.0. The summed E-state index contributed by atoms with van der Waals surface area (Å²) < 4.78 is 2.70. The van der Waals surface area contributed by atoms with E-state index in [4.69, 9.17) is 12.2 Å². The van der Waals surface area contributed by atoms with E-state index >= 15 is 0 Å². The lowest BCUT2D eigenvalue weighted by molar-refractivity contribution is -0.124. The third-order valence-corrected chi connectivity index (χ3v) is 4.97. The lowest BCUT2D eigenvalue weighted by Gasteiger charge is -2.10. The number of carbonyl (C=O) groups excluding carboxylic acids is 2. The van der Waals surface area contributed by atoms with Crippen LogP contribution in [0.25, 0.3) is 11.4 Å². The molecule has 7 nitrogen and oxygen atoms in total. The van der Waals surface area contributed by atoms with Crippen LogP contribution < -0.4 is 10.6 Å². The highest BCUT2D eigenvalue weighted by Crippen LogP contribution is 2.21. The van der Waals surface area contributed by atoms with Crippen LogP contribution in [0.15, 0.2) is 53.0 Å². The fraction of sp³-hybridized carbons (Fsp3) is 0.158. The number of H-pyrrole nitrogens is 1. The molecule has 144 valence electrons. The number of nitrogens with one attached hydrogen (secondary N) is 3. The van der Waals surface area contributed by atoms with Crippen molar-refractivity contribution in [1.29, 1.82) is 0 Å². The molecule has 0 aliphatic carbocycles. The molecule has 2 aromatic carbocycles. The summed E-state index contributed by atoms with van der Waals surface area (Å²) in [6.07, 6.45) is 0. The van der Waals surface area contributed by atoms with Gasteiger partial charge < -0.3 is 10.6 Å². The van der Waals surface area contributed by atoms with Gasteiger partial charge in [-0.15, -0.1) is 0 Å². The molecule has 28 heavy (non-hydrogen) atoms. The highest BCUT2D eigenvalue weighted by atomic mass is 79.9. The van der Waals surface area contributed by atoms with E-state index in [0.717, 1.165) is 15.6 Å². The molecule has 0 atom stereocenters. The van der Waals surface area contributed by atoms with Crippen LogP contribution in [0, 0.1) is 11.7 Å². The molecule has 3 aromatic rings. The number of benzene rings is 2. The number of aromatic nitrogens is 3. The normalized spacial score (nSPS) is 10.5. The van der Waals surface area contributed by atoms with Gasteiger partial charge in [0.2, 0.25) is 11.8 Å². The number of anilines is 1. The van der Waals surface area contributed by atoms with Crippen LogP contribution in [0.1, 0.15) is 5.56 Å². The van der Waals surface area contributed by atoms with Crippen LogP contribution in [0.5, 0.6) is 0 Å². The van der Waals surface area contributed by atoms with Gasteiger partial charge in [0.25, 0.3) is 0 Å². The molecule has 0 unspecified atom stereocenters. The van der Waals surface area contributed by atoms with Crippen molar-refractivity contribution >= 4 is 45.6 Å². The van der Waals surface area contributed by atoms with E-state index in [2.05, 4.69) is 36.8 Å². The van der Waals surface area contributed by atoms with Crippen LogP contribution in [0.3, 0.4) is 0 Å². The molecular formula is C19H18BrN5O2S. The van der Waals surface area contributed by atoms with Crippen LogP contribution in [-0.2, 0) is 16.1 Å². The van der Waals surface area contributed by atoms with E-state index in [-0.39, 0.29) is 24.9 Å². The summed E-state index contributed by atoms with van der Waals surface area (Å²) in [5.74, 6) is -0.0965. The predicted octanol–water partition coefficient (Wildman–Crippen LogP) is 3.43. The van der Waals surface area contributed by atoms with E-state index in [1.165, 1.54) is 0 Å². The van der Waals surface area contributed by atoms with Gasteiger partial charge in [0.15, 0.2) is 10.6 Å². The van der Waals surface area contributed by atoms with Crippen LogP contribution in [0.4, 0.5) is 5.69 Å². The number of hydrogen-bond donors (Lipinski definition) is 3. The van der Waals surface area contributed by atoms with Crippen LogP contribution >= 0.6 is 28.1 Å². The van der Waals surface area contributed by atoms with Crippen molar-refractivity contribution in [2.24, 2.45) is 0 Å². The van der Waals surface area contributed by atoms with Gasteiger partial charge in [-0.1, -0.05) is 42.0 Å². The summed E-state index contributed by atoms with van der Waals surface area (Å²) in [6, 6.07) is 15.0. The molecule has 3 rings (SSSR count). The van der Waals surface area contributed by atoms with Gasteiger partial charge in [-0.2, -0.15) is 5.10 Å². The third kappa shape index (κ3) is 4.93. The van der Waals surface area contributed by atoms with E-state index in [9.17, 15) is 9.59 Å². The molecule has 3 N–H and O–H groups in total. The highest BCUT2D eigenvalue weighted by molar-refractivity contribution is 9.10. The molecule has 1 aromatic heterocycles. The number of halogens is 1. The molecule has 0 fully saturated rings. The first-order valence-electron chi connectivity index (χ1n) is 8.47. The van der Waals surface area contributed by atoms with Gasteiger partial charge in [0, 0.05) is 10.0 Å². The molecular weight excluding hydrogens is 442 g/mol. The number of aryl methyl sites for hydroxylation is 1. The standard InChI is InChI=1S/C19H18BrN5O2S/c1-12-6-8-13(9-7-12)18-23-24-19(28)25(18)11-17(27)21-10-16(26)22-15-5-3-2-4-14(15)20/h2-9H,10-11H2,1H3,(H,21,27)(H,22,26)(H,24,28). The summed E-state index contributed by atoms with van der Waals surface area (Å²) >= 11 is 8.59. The second kappa shape index (κ2) is 8.94. The average molecular weight is 460 g/mol. The minimum Gasteiger partial charge on any atom is -0.345 e. The molecule has 0 saturated heterocycles. The Hall–Kier alpha value is -2.78. The number of carbonyl (C=O) groups is 2. The number of rotatable bonds is 6. The Kier molecular flexibility index (Phi) is 6.37. The van der Waals surface area contributed by atoms with Crippen LogP contribution in [-0.4, -0.2) is 33.1 Å². The fourth-order valence-corrected chi connectivity index (χ4v) is 3.10. The Morgan fingerprint density at radius 3 is 2.57 bits per heavy atom. The maximum atomic E-state index is 12.3. The Morgan fingerprint density at radius 1 is 1.14 bits per heavy atom. The number of aromatic amines is 1. The van der Waals surface area contributed by atoms with Crippen molar-refractivity contribution in [2.45, 2.75) is 13.5 Å². The smallest absolute Gasteiger partial charge is 0.243 e. The average Bonchev–Trinajstić information content (AvgIpc) is 3.03. The number of nitrogens with zero attached hydrogens (tertiary/aromatic N) is 2. The van der Waals surface area contributed by atoms with Crippen molar-refractivity contribution < 1.29 is 9.59 Å². The predicted molar refractivity (Wildman–Crippen MR) is 113 cm³/mol. The molecule has 0 aliphatic heterocycles. The van der Waals surface area contributed by atoms with Crippen molar-refractivity contribution in [2.75, 3.05) is 11.9 Å². The molecule has 0 aliphatic rings. The molecule has 0 radical (unpaired) electrons. The first-order valence-corrected chi connectivity index (χ1v) is 9.67. The second-order valence-corrected chi connectivity index (χ2v) is 7.35. The molecule has 1 heterocycles. The maximum Gasteiger partial charge on any atom is 0.243 e. The third-order valence-electron chi connectivity index (χ3n) is 3.96. The van der Waals surface area contributed by atoms with Gasteiger partial charge >= 0.3 is 0 Å². The quantitative estimate of drug-likeness (QED) is 0.492. The van der Waals surface area contributed by atoms with Crippen molar-refractivity contribution in [3.05, 3.63) is 63.3 Å². The molecule has 0 bridgehead atoms. The first-order chi connectivity index (χ1) is 13.4. The van der Waals surface area contributed by atoms with Gasteiger partial charge in [-0.05, 0) is 47.2 Å². The van der Waals surface area contributed by atoms with Crippen LogP contribution in [0.2, 0.25) is 0 Å². The van der Waals surface area contributed by atoms with E-state index in [1.54, 1.807) is 10.6 Å². The van der Waals surface area contributed by atoms with Gasteiger partial charge in [0.1, 0.15) is 6.54 Å². The Morgan fingerprint density at radius 2 is 1.86 bits per heavy atom. The summed E-state index contributed by atoms with van der Waals surface area (Å²) in [6.45, 7) is 1.80. The Balaban J connectivity index is 1.62. The highest BCUT2D eigenvalue weighted by Gasteiger charge is 2.13. The molecule has 2 amide bonds. The SMILES string of the molecule is Cc1ccc(-c2n[nH]c(=S)n2CC(=O)NCC(=O)Nc2ccccc2Br)cc1. The lowest BCUT2D eigenvalue weighted by atomic mass is 10.1. The zero-order valence-electron chi connectivity index (χ0n) is 15.0. The van der Waals surface area contributed by atoms with Gasteiger partial charge in [-0.25, -0.2) is 0 Å². The summed E-state index contributed by atoms with van der Waals surface area (Å²) in [7, 11) is 0. The maximum absolute atomic E-state index is 12.3. The summed E-state index contributed by atoms with van der Waals surface area (Å²) in [4.78, 5) is 24.4. The Labute approximate surface area is 175 Å². The number of amides is 2. The Bertz CT molecular complexity index is 1060. The van der Waals surface area contributed by atoms with Crippen molar-refractivity contribution in [1.82, 2.24) is 20.1 Å². The second-order valence-electron chi connectivity index (χ2n) is 6.11. The molecule has 0 spiro atoms. The van der Waals surface area contributed by atoms with E-state index < -0.39 is 0 Å². The number of hydrogen-bond acceptors (Lipinski definition) is 4. The summed E-state index contributed by atoms with van der Waals surface area (Å²) in [5, 5.41) is 12.3. The molecule has 9 heteroatoms. The minimum absolute atomic E-state index is 0.0408. The zero-order chi connectivity index (χ0) is 20.1. The lowest BCUT2D eigenvalue weighted by Crippen LogP contribution is -2.35. The largest absolute Gasteiger partial charge is 0.345 e. The minimum atomic E-state index is -0.340. The zero-order valence-corrected chi connectivity index (χ0v) is 17.4. The topological polar surface area (TPSA) is 91.8 Å². The monoisotopic (exact) mass is 459 g/mol. The van der Waals surface area contributed by atoms with E-state index in [0.29, 0.717) is 16.3 Å². The molecule has 0 saturated carbocycles. The fourth-order valence-electron chi connectivity index (χ4n) is 2.52. The number of para-hydroxylation sites is 1. The van der Waals surface area contributed by atoms with Gasteiger partial charge in [-0.3, -0.25) is 19.3 Å². The van der Waals surface area contributed by atoms with Gasteiger partial charge in [0.05, 0.1) is 12.2 Å². The van der Waals surface area contributed by atoms with E-state index in [1.807, 2.05) is 49.4 Å². The summed E-state index contributed by atoms with van der Waals surface area (Å²) in [5.41, 5.74) is 2.61.